The largest absolute Gasteiger partial charge is 0.494 e. The number of ether oxygens (including phenoxy) is 1. The van der Waals surface area contributed by atoms with E-state index < -0.39 is 0 Å². The number of carbonyl (C=O) groups excluding carboxylic acids is 2. The van der Waals surface area contributed by atoms with Crippen LogP contribution in [0.2, 0.25) is 5.02 Å². The van der Waals surface area contributed by atoms with Gasteiger partial charge in [0, 0.05) is 34.3 Å². The first-order valence-electron chi connectivity index (χ1n) is 9.69. The van der Waals surface area contributed by atoms with Crippen molar-refractivity contribution in [3.8, 4) is 17.1 Å². The van der Waals surface area contributed by atoms with Crippen molar-refractivity contribution in [1.82, 2.24) is 0 Å². The Morgan fingerprint density at radius 2 is 1.77 bits per heavy atom. The highest BCUT2D eigenvalue weighted by Crippen LogP contribution is 2.28. The van der Waals surface area contributed by atoms with Gasteiger partial charge in [0.15, 0.2) is 0 Å². The molecule has 2 amide bonds. The van der Waals surface area contributed by atoms with Crippen LogP contribution in [-0.4, -0.2) is 18.9 Å². The van der Waals surface area contributed by atoms with Crippen LogP contribution in [0.3, 0.4) is 0 Å². The van der Waals surface area contributed by atoms with Crippen molar-refractivity contribution in [2.24, 2.45) is 5.92 Å². The van der Waals surface area contributed by atoms with E-state index >= 15 is 0 Å². The van der Waals surface area contributed by atoms with E-state index in [9.17, 15) is 9.59 Å². The Bertz CT molecular complexity index is 1100. The van der Waals surface area contributed by atoms with Crippen molar-refractivity contribution < 1.29 is 18.7 Å². The van der Waals surface area contributed by atoms with Crippen LogP contribution in [0, 0.1) is 5.92 Å². The molecule has 0 unspecified atom stereocenters. The summed E-state index contributed by atoms with van der Waals surface area (Å²) in [5.41, 5.74) is 1.97. The lowest BCUT2D eigenvalue weighted by molar-refractivity contribution is -0.119. The van der Waals surface area contributed by atoms with Gasteiger partial charge in [-0.25, -0.2) is 0 Å². The number of hydrogen-bond acceptors (Lipinski definition) is 4. The fraction of sp³-hybridized carbons (Fsp3) is 0.167. The van der Waals surface area contributed by atoms with Crippen LogP contribution >= 0.6 is 11.6 Å². The molecule has 0 aliphatic carbocycles. The van der Waals surface area contributed by atoms with E-state index in [1.54, 1.807) is 56.3 Å². The van der Waals surface area contributed by atoms with Gasteiger partial charge in [-0.05, 0) is 54.6 Å². The first-order chi connectivity index (χ1) is 14.9. The lowest BCUT2D eigenvalue weighted by atomic mass is 10.2. The van der Waals surface area contributed by atoms with Gasteiger partial charge in [-0.3, -0.25) is 9.59 Å². The average Bonchev–Trinajstić information content (AvgIpc) is 3.22. The summed E-state index contributed by atoms with van der Waals surface area (Å²) in [6.45, 7) is 3.61. The van der Waals surface area contributed by atoms with Crippen LogP contribution in [0.15, 0.2) is 65.1 Å². The van der Waals surface area contributed by atoms with Crippen molar-refractivity contribution in [1.29, 1.82) is 0 Å². The van der Waals surface area contributed by atoms with Gasteiger partial charge < -0.3 is 19.8 Å². The molecule has 1 heterocycles. The molecule has 0 saturated heterocycles. The van der Waals surface area contributed by atoms with Gasteiger partial charge in [-0.1, -0.05) is 25.4 Å². The van der Waals surface area contributed by atoms with Gasteiger partial charge in [-0.2, -0.15) is 0 Å². The second-order valence-corrected chi connectivity index (χ2v) is 7.53. The highest BCUT2D eigenvalue weighted by molar-refractivity contribution is 6.30. The number of carbonyl (C=O) groups is 2. The van der Waals surface area contributed by atoms with Crippen molar-refractivity contribution in [3.05, 3.63) is 71.5 Å². The Hall–Kier alpha value is -3.51. The summed E-state index contributed by atoms with van der Waals surface area (Å²) in [5.74, 6) is 1.08. The number of nitrogens with one attached hydrogen (secondary N) is 2. The predicted octanol–water partition coefficient (Wildman–Crippen LogP) is 5.86. The van der Waals surface area contributed by atoms with Gasteiger partial charge in [0.2, 0.25) is 11.8 Å². The van der Waals surface area contributed by atoms with Crippen molar-refractivity contribution >= 4 is 40.9 Å². The van der Waals surface area contributed by atoms with Gasteiger partial charge in [-0.15, -0.1) is 0 Å². The summed E-state index contributed by atoms with van der Waals surface area (Å²) in [4.78, 5) is 24.2. The molecular weight excluding hydrogens is 416 g/mol. The molecular formula is C24H23ClN2O4. The molecule has 0 fully saturated rings. The summed E-state index contributed by atoms with van der Waals surface area (Å²) in [6, 6.07) is 15.9. The Balaban J connectivity index is 1.64. The number of halogens is 1. The molecule has 0 saturated carbocycles. The van der Waals surface area contributed by atoms with Gasteiger partial charge >= 0.3 is 0 Å². The average molecular weight is 439 g/mol. The van der Waals surface area contributed by atoms with Gasteiger partial charge in [0.05, 0.1) is 12.8 Å². The number of furan rings is 1. The Morgan fingerprint density at radius 3 is 2.45 bits per heavy atom. The minimum Gasteiger partial charge on any atom is -0.494 e. The Morgan fingerprint density at radius 1 is 1.03 bits per heavy atom. The van der Waals surface area contributed by atoms with Crippen LogP contribution in [-0.2, 0) is 9.59 Å². The quantitative estimate of drug-likeness (QED) is 0.453. The molecule has 2 aromatic carbocycles. The summed E-state index contributed by atoms with van der Waals surface area (Å²) < 4.78 is 11.1. The molecule has 0 aliphatic rings. The third kappa shape index (κ3) is 5.99. The standard InChI is InChI=1S/C24H23ClN2O4/c1-15(2)24(29)27-20-11-8-18(14-22(20)30-3)26-23(28)13-10-19-9-12-21(31-19)16-4-6-17(25)7-5-16/h4-15H,1-3H3,(H,26,28)(H,27,29). The van der Waals surface area contributed by atoms with Crippen molar-refractivity contribution in [2.45, 2.75) is 13.8 Å². The van der Waals surface area contributed by atoms with E-state index in [2.05, 4.69) is 10.6 Å². The first kappa shape index (κ1) is 22.2. The molecule has 2 N–H and O–H groups in total. The van der Waals surface area contributed by atoms with E-state index in [0.717, 1.165) is 5.56 Å². The number of anilines is 2. The lowest BCUT2D eigenvalue weighted by Crippen LogP contribution is -2.18. The number of hydrogen-bond donors (Lipinski definition) is 2. The molecule has 3 rings (SSSR count). The third-order valence-electron chi connectivity index (χ3n) is 4.41. The molecule has 0 atom stereocenters. The molecule has 0 aliphatic heterocycles. The Kier molecular flexibility index (Phi) is 7.15. The molecule has 0 radical (unpaired) electrons. The second-order valence-electron chi connectivity index (χ2n) is 7.09. The van der Waals surface area contributed by atoms with E-state index in [1.165, 1.54) is 13.2 Å². The van der Waals surface area contributed by atoms with Crippen molar-refractivity contribution in [3.63, 3.8) is 0 Å². The molecule has 6 nitrogen and oxygen atoms in total. The zero-order chi connectivity index (χ0) is 22.4. The fourth-order valence-corrected chi connectivity index (χ4v) is 2.83. The molecule has 1 aromatic heterocycles. The summed E-state index contributed by atoms with van der Waals surface area (Å²) in [7, 11) is 1.50. The van der Waals surface area contributed by atoms with Gasteiger partial charge in [0.25, 0.3) is 0 Å². The molecule has 160 valence electrons. The highest BCUT2D eigenvalue weighted by Gasteiger charge is 2.12. The predicted molar refractivity (Wildman–Crippen MR) is 123 cm³/mol. The molecule has 31 heavy (non-hydrogen) atoms. The smallest absolute Gasteiger partial charge is 0.248 e. The monoisotopic (exact) mass is 438 g/mol. The zero-order valence-corrected chi connectivity index (χ0v) is 18.2. The SMILES string of the molecule is COc1cc(NC(=O)C=Cc2ccc(-c3ccc(Cl)cc3)o2)ccc1NC(=O)C(C)C. The highest BCUT2D eigenvalue weighted by atomic mass is 35.5. The topological polar surface area (TPSA) is 80.6 Å². The van der Waals surface area contributed by atoms with E-state index in [-0.39, 0.29) is 17.7 Å². The minimum absolute atomic E-state index is 0.116. The van der Waals surface area contributed by atoms with Crippen LogP contribution in [0.4, 0.5) is 11.4 Å². The summed E-state index contributed by atoms with van der Waals surface area (Å²) in [5, 5.41) is 6.21. The van der Waals surface area contributed by atoms with Crippen LogP contribution in [0.1, 0.15) is 19.6 Å². The maximum Gasteiger partial charge on any atom is 0.248 e. The number of amides is 2. The number of benzene rings is 2. The van der Waals surface area contributed by atoms with Crippen molar-refractivity contribution in [2.75, 3.05) is 17.7 Å². The Labute approximate surface area is 185 Å². The second kappa shape index (κ2) is 10.00. The van der Waals surface area contributed by atoms with E-state index in [4.69, 9.17) is 20.8 Å². The third-order valence-corrected chi connectivity index (χ3v) is 4.66. The first-order valence-corrected chi connectivity index (χ1v) is 10.1. The minimum atomic E-state index is -0.328. The maximum absolute atomic E-state index is 12.3. The maximum atomic E-state index is 12.3. The zero-order valence-electron chi connectivity index (χ0n) is 17.4. The summed E-state index contributed by atoms with van der Waals surface area (Å²) in [6.07, 6.45) is 2.97. The van der Waals surface area contributed by atoms with Crippen LogP contribution in [0.5, 0.6) is 5.75 Å². The molecule has 0 bridgehead atoms. The number of methoxy groups -OCH3 is 1. The number of rotatable bonds is 7. The lowest BCUT2D eigenvalue weighted by Gasteiger charge is -2.13. The fourth-order valence-electron chi connectivity index (χ4n) is 2.70. The van der Waals surface area contributed by atoms with E-state index in [1.807, 2.05) is 18.2 Å². The van der Waals surface area contributed by atoms with E-state index in [0.29, 0.717) is 33.7 Å². The molecule has 0 spiro atoms. The van der Waals surface area contributed by atoms with Gasteiger partial charge in [0.1, 0.15) is 17.3 Å². The summed E-state index contributed by atoms with van der Waals surface area (Å²) >= 11 is 5.91. The van der Waals surface area contributed by atoms with Crippen LogP contribution < -0.4 is 15.4 Å². The normalized spacial score (nSPS) is 11.0. The molecule has 3 aromatic rings. The molecule has 7 heteroatoms. The van der Waals surface area contributed by atoms with Crippen LogP contribution in [0.25, 0.3) is 17.4 Å².